The average Bonchev–Trinajstić information content (AvgIpc) is 2.65. The number of benzene rings is 1. The topological polar surface area (TPSA) is 91.4 Å². The second-order valence-corrected chi connectivity index (χ2v) is 4.76. The van der Waals surface area contributed by atoms with Gasteiger partial charge in [0.05, 0.1) is 39.1 Å². The van der Waals surface area contributed by atoms with E-state index in [4.69, 9.17) is 14.2 Å². The van der Waals surface area contributed by atoms with Gasteiger partial charge in [0.25, 0.3) is 0 Å². The molecule has 0 radical (unpaired) electrons. The summed E-state index contributed by atoms with van der Waals surface area (Å²) in [4.78, 5) is 37.2. The van der Waals surface area contributed by atoms with Crippen LogP contribution in [0.3, 0.4) is 0 Å². The Morgan fingerprint density at radius 3 is 2.29 bits per heavy atom. The molecule has 0 N–H and O–H groups in total. The van der Waals surface area contributed by atoms with Gasteiger partial charge in [-0.15, -0.1) is 0 Å². The largest absolute Gasteiger partial charge is 0.466 e. The smallest absolute Gasteiger partial charge is 0.355 e. The Balaban J connectivity index is 2.53. The first-order valence-corrected chi connectivity index (χ1v) is 6.97. The fourth-order valence-electron chi connectivity index (χ4n) is 2.27. The number of esters is 3. The summed E-state index contributed by atoms with van der Waals surface area (Å²) in [7, 11) is 3.69. The monoisotopic (exact) mass is 335 g/mol. The van der Waals surface area contributed by atoms with Gasteiger partial charge in [0, 0.05) is 5.69 Å². The number of anilines is 1. The molecule has 1 heterocycles. The minimum atomic E-state index is -0.706. The first kappa shape index (κ1) is 17.5. The summed E-state index contributed by atoms with van der Waals surface area (Å²) in [6, 6.07) is 6.39. The van der Waals surface area contributed by atoms with Crippen LogP contribution in [0.1, 0.15) is 10.4 Å². The molecule has 0 saturated heterocycles. The van der Waals surface area contributed by atoms with Crippen molar-refractivity contribution in [1.29, 1.82) is 0 Å². The predicted molar refractivity (Wildman–Crippen MR) is 82.1 cm³/mol. The van der Waals surface area contributed by atoms with Crippen LogP contribution in [0.5, 0.6) is 0 Å². The maximum Gasteiger partial charge on any atom is 0.355 e. The van der Waals surface area contributed by atoms with E-state index in [9.17, 15) is 14.4 Å². The van der Waals surface area contributed by atoms with Gasteiger partial charge in [0.2, 0.25) is 0 Å². The normalized spacial score (nSPS) is 14.2. The van der Waals surface area contributed by atoms with E-state index in [1.54, 1.807) is 18.2 Å². The predicted octanol–water partition coefficient (Wildman–Crippen LogP) is 0.867. The lowest BCUT2D eigenvalue weighted by molar-refractivity contribution is -0.140. The Morgan fingerprint density at radius 1 is 1.00 bits per heavy atom. The van der Waals surface area contributed by atoms with E-state index in [-0.39, 0.29) is 24.6 Å². The van der Waals surface area contributed by atoms with Crippen LogP contribution in [0.2, 0.25) is 0 Å². The Hall–Kier alpha value is -2.87. The van der Waals surface area contributed by atoms with Gasteiger partial charge in [-0.2, -0.15) is 0 Å². The van der Waals surface area contributed by atoms with E-state index in [1.807, 2.05) is 0 Å². The molecule has 1 aliphatic rings. The summed E-state index contributed by atoms with van der Waals surface area (Å²) in [6.45, 7) is -0.0696. The third-order valence-corrected chi connectivity index (χ3v) is 3.41. The minimum Gasteiger partial charge on any atom is -0.466 e. The lowest BCUT2D eigenvalue weighted by atomic mass is 10.1. The van der Waals surface area contributed by atoms with Crippen LogP contribution in [0.25, 0.3) is 0 Å². The van der Waals surface area contributed by atoms with Crippen molar-refractivity contribution in [3.8, 4) is 0 Å². The molecular weight excluding hydrogens is 318 g/mol. The molecule has 8 nitrogen and oxygen atoms in total. The van der Waals surface area contributed by atoms with Crippen LogP contribution in [0, 0.1) is 0 Å². The summed E-state index contributed by atoms with van der Waals surface area (Å²) in [5.41, 5.74) is 0.820. The molecule has 8 heteroatoms. The van der Waals surface area contributed by atoms with Crippen LogP contribution < -0.4 is 4.90 Å². The van der Waals surface area contributed by atoms with Gasteiger partial charge in [-0.1, -0.05) is 6.07 Å². The molecule has 128 valence electrons. The third kappa shape index (κ3) is 3.38. The molecule has 0 aliphatic carbocycles. The first-order chi connectivity index (χ1) is 11.5. The van der Waals surface area contributed by atoms with E-state index in [1.165, 1.54) is 32.3 Å². The molecule has 2 rings (SSSR count). The molecule has 0 fully saturated rings. The zero-order chi connectivity index (χ0) is 17.7. The van der Waals surface area contributed by atoms with Crippen molar-refractivity contribution in [2.45, 2.75) is 0 Å². The Morgan fingerprint density at radius 2 is 1.67 bits per heavy atom. The van der Waals surface area contributed by atoms with Crippen LogP contribution in [-0.2, 0) is 28.5 Å². The number of hydrogen-bond donors (Lipinski definition) is 0. The van der Waals surface area contributed by atoms with Crippen LogP contribution in [-0.4, -0.2) is 52.6 Å². The number of ether oxygens (including phenoxy) is 4. The van der Waals surface area contributed by atoms with E-state index in [0.29, 0.717) is 11.3 Å². The minimum absolute atomic E-state index is 0.00948. The maximum atomic E-state index is 12.2. The Bertz CT molecular complexity index is 695. The number of nitrogens with zero attached hydrogens (tertiary/aromatic N) is 1. The molecule has 24 heavy (non-hydrogen) atoms. The zero-order valence-electron chi connectivity index (χ0n) is 13.5. The Kier molecular flexibility index (Phi) is 5.54. The van der Waals surface area contributed by atoms with Crippen LogP contribution >= 0.6 is 0 Å². The average molecular weight is 335 g/mol. The number of methoxy groups -OCH3 is 3. The van der Waals surface area contributed by atoms with Crippen molar-refractivity contribution in [3.63, 3.8) is 0 Å². The molecule has 0 bridgehead atoms. The van der Waals surface area contributed by atoms with Gasteiger partial charge in [0.15, 0.2) is 0 Å². The van der Waals surface area contributed by atoms with E-state index < -0.39 is 17.9 Å². The molecule has 0 spiro atoms. The molecule has 0 saturated carbocycles. The summed E-state index contributed by atoms with van der Waals surface area (Å²) in [6.07, 6.45) is 0. The summed E-state index contributed by atoms with van der Waals surface area (Å²) < 4.78 is 19.5. The number of rotatable bonds is 4. The summed E-state index contributed by atoms with van der Waals surface area (Å²) in [5.74, 6) is -1.92. The van der Waals surface area contributed by atoms with Gasteiger partial charge in [-0.3, -0.25) is 0 Å². The molecule has 1 aromatic rings. The van der Waals surface area contributed by atoms with Gasteiger partial charge in [0.1, 0.15) is 12.4 Å². The van der Waals surface area contributed by atoms with Crippen molar-refractivity contribution < 1.29 is 33.3 Å². The second-order valence-electron chi connectivity index (χ2n) is 4.76. The summed E-state index contributed by atoms with van der Waals surface area (Å²) in [5, 5.41) is 0. The molecule has 1 aromatic carbocycles. The van der Waals surface area contributed by atoms with Crippen molar-refractivity contribution >= 4 is 23.6 Å². The molecule has 0 amide bonds. The first-order valence-electron chi connectivity index (χ1n) is 6.97. The fraction of sp³-hybridized carbons (Fsp3) is 0.312. The van der Waals surface area contributed by atoms with Gasteiger partial charge >= 0.3 is 17.9 Å². The molecule has 1 aliphatic heterocycles. The van der Waals surface area contributed by atoms with Crippen LogP contribution in [0.15, 0.2) is 35.5 Å². The lowest BCUT2D eigenvalue weighted by Gasteiger charge is -2.31. The van der Waals surface area contributed by atoms with Crippen LogP contribution in [0.4, 0.5) is 5.69 Å². The Labute approximate surface area is 138 Å². The highest BCUT2D eigenvalue weighted by molar-refractivity contribution is 6.03. The van der Waals surface area contributed by atoms with Crippen molar-refractivity contribution in [1.82, 2.24) is 0 Å². The van der Waals surface area contributed by atoms with Gasteiger partial charge in [-0.05, 0) is 18.2 Å². The highest BCUT2D eigenvalue weighted by Crippen LogP contribution is 2.27. The maximum absolute atomic E-state index is 12.2. The molecule has 0 unspecified atom stereocenters. The second kappa shape index (κ2) is 7.60. The van der Waals surface area contributed by atoms with E-state index >= 15 is 0 Å². The van der Waals surface area contributed by atoms with Gasteiger partial charge in [-0.25, -0.2) is 14.4 Å². The standard InChI is InChI=1S/C16H17NO7/c1-21-14(18)10-5-4-6-11(7-10)17-9-24-8-12(15(19)22-2)13(17)16(20)23-3/h4-7H,8-9H2,1-3H3. The SMILES string of the molecule is COC(=O)C1=C(C(=O)OC)N(c2cccc(C(=O)OC)c2)COC1. The fourth-order valence-corrected chi connectivity index (χ4v) is 2.27. The number of carbonyl (C=O) groups is 3. The zero-order valence-corrected chi connectivity index (χ0v) is 13.5. The van der Waals surface area contributed by atoms with E-state index in [2.05, 4.69) is 4.74 Å². The molecule has 0 aromatic heterocycles. The van der Waals surface area contributed by atoms with Crippen molar-refractivity contribution in [2.75, 3.05) is 39.6 Å². The number of hydrogen-bond acceptors (Lipinski definition) is 8. The van der Waals surface area contributed by atoms with Gasteiger partial charge < -0.3 is 23.8 Å². The molecular formula is C16H17NO7. The highest BCUT2D eigenvalue weighted by Gasteiger charge is 2.32. The lowest BCUT2D eigenvalue weighted by Crippen LogP contribution is -2.38. The van der Waals surface area contributed by atoms with Crippen molar-refractivity contribution in [3.05, 3.63) is 41.1 Å². The van der Waals surface area contributed by atoms with E-state index in [0.717, 1.165) is 0 Å². The van der Waals surface area contributed by atoms with Crippen molar-refractivity contribution in [2.24, 2.45) is 0 Å². The highest BCUT2D eigenvalue weighted by atomic mass is 16.5. The quantitative estimate of drug-likeness (QED) is 0.591. The number of carbonyl (C=O) groups excluding carboxylic acids is 3. The summed E-state index contributed by atoms with van der Waals surface area (Å²) >= 11 is 0. The molecule has 0 atom stereocenters. The third-order valence-electron chi connectivity index (χ3n) is 3.41.